The van der Waals surface area contributed by atoms with E-state index in [2.05, 4.69) is 31.3 Å². The molecule has 0 aliphatic carbocycles. The summed E-state index contributed by atoms with van der Waals surface area (Å²) in [5, 5.41) is 23.1. The van der Waals surface area contributed by atoms with Gasteiger partial charge in [-0.3, -0.25) is 9.59 Å². The van der Waals surface area contributed by atoms with Crippen molar-refractivity contribution in [3.8, 4) is 0 Å². The summed E-state index contributed by atoms with van der Waals surface area (Å²) >= 11 is 0. The first-order valence-electron chi connectivity index (χ1n) is 24.4. The zero-order valence-electron chi connectivity index (χ0n) is 36.9. The zero-order chi connectivity index (χ0) is 40.1. The highest BCUT2D eigenvalue weighted by molar-refractivity contribution is 5.76. The van der Waals surface area contributed by atoms with Crippen LogP contribution in [0.5, 0.6) is 0 Å². The van der Waals surface area contributed by atoms with Crippen molar-refractivity contribution in [1.29, 1.82) is 0 Å². The van der Waals surface area contributed by atoms with Crippen LogP contribution in [0.15, 0.2) is 12.2 Å². The number of unbranched alkanes of at least 4 members (excludes halogenated alkanes) is 32. The number of carbonyl (C=O) groups is 2. The monoisotopic (exact) mass is 778 g/mol. The number of ether oxygens (including phenoxy) is 1. The number of esters is 1. The molecule has 3 N–H and O–H groups in total. The van der Waals surface area contributed by atoms with Crippen molar-refractivity contribution in [2.75, 3.05) is 13.2 Å². The largest absolute Gasteiger partial charge is 0.466 e. The number of aliphatic hydroxyl groups excluding tert-OH is 2. The van der Waals surface area contributed by atoms with Gasteiger partial charge in [-0.15, -0.1) is 0 Å². The topological polar surface area (TPSA) is 95.9 Å². The van der Waals surface area contributed by atoms with Gasteiger partial charge in [0.2, 0.25) is 5.91 Å². The van der Waals surface area contributed by atoms with Crippen molar-refractivity contribution in [1.82, 2.24) is 5.32 Å². The van der Waals surface area contributed by atoms with Crippen LogP contribution >= 0.6 is 0 Å². The number of rotatable bonds is 45. The lowest BCUT2D eigenvalue weighted by Crippen LogP contribution is -2.45. The Bertz CT molecular complexity index is 817. The summed E-state index contributed by atoms with van der Waals surface area (Å²) in [6.07, 6.45) is 50.3. The van der Waals surface area contributed by atoms with Gasteiger partial charge in [-0.1, -0.05) is 219 Å². The smallest absolute Gasteiger partial charge is 0.305 e. The SMILES string of the molecule is CCCC/C=C\CCCCCCCC(=O)OCCCCCCCCCCCCCCCCCCC(=O)NC(CO)C(O)CCCCCCCCCCCCC. The summed E-state index contributed by atoms with van der Waals surface area (Å²) in [5.74, 6) is -0.0512. The third kappa shape index (κ3) is 42.0. The second-order valence-corrected chi connectivity index (χ2v) is 16.8. The minimum absolute atomic E-state index is 0.00815. The average Bonchev–Trinajstić information content (AvgIpc) is 3.18. The molecule has 2 atom stereocenters. The van der Waals surface area contributed by atoms with Gasteiger partial charge in [0.05, 0.1) is 25.4 Å². The first-order valence-corrected chi connectivity index (χ1v) is 24.4. The molecule has 0 aliphatic rings. The minimum Gasteiger partial charge on any atom is -0.466 e. The number of aliphatic hydroxyl groups is 2. The van der Waals surface area contributed by atoms with Crippen LogP contribution in [-0.4, -0.2) is 47.4 Å². The van der Waals surface area contributed by atoms with Gasteiger partial charge in [-0.25, -0.2) is 0 Å². The van der Waals surface area contributed by atoms with E-state index < -0.39 is 12.1 Å². The van der Waals surface area contributed by atoms with Gasteiger partial charge in [-0.2, -0.15) is 0 Å². The van der Waals surface area contributed by atoms with E-state index in [9.17, 15) is 19.8 Å². The maximum absolute atomic E-state index is 12.4. The standard InChI is InChI=1S/C49H95NO5/c1-3-5-7-9-11-13-21-25-29-33-37-41-47(52)46(45-51)50-48(53)42-38-34-30-26-23-19-17-15-16-18-20-24-28-32-36-40-44-55-49(54)43-39-35-31-27-22-14-12-10-8-6-4-2/h10,12,46-47,51-52H,3-9,11,13-45H2,1-2H3,(H,50,53)/b12-10-. The maximum atomic E-state index is 12.4. The van der Waals surface area contributed by atoms with Crippen molar-refractivity contribution in [3.63, 3.8) is 0 Å². The quantitative estimate of drug-likeness (QED) is 0.0325. The Morgan fingerprint density at radius 2 is 0.873 bits per heavy atom. The second-order valence-electron chi connectivity index (χ2n) is 16.8. The van der Waals surface area contributed by atoms with Crippen LogP contribution in [0.1, 0.15) is 264 Å². The molecule has 6 nitrogen and oxygen atoms in total. The van der Waals surface area contributed by atoms with Gasteiger partial charge in [-0.05, 0) is 44.9 Å². The lowest BCUT2D eigenvalue weighted by atomic mass is 10.0. The lowest BCUT2D eigenvalue weighted by Gasteiger charge is -2.22. The van der Waals surface area contributed by atoms with E-state index in [4.69, 9.17) is 4.74 Å². The normalized spacial score (nSPS) is 12.7. The molecular weight excluding hydrogens is 683 g/mol. The molecule has 0 rings (SSSR count). The van der Waals surface area contributed by atoms with Gasteiger partial charge < -0.3 is 20.3 Å². The molecular formula is C49H95NO5. The van der Waals surface area contributed by atoms with E-state index >= 15 is 0 Å². The van der Waals surface area contributed by atoms with Crippen LogP contribution in [0.25, 0.3) is 0 Å². The summed E-state index contributed by atoms with van der Waals surface area (Å²) in [4.78, 5) is 24.4. The van der Waals surface area contributed by atoms with E-state index in [0.717, 1.165) is 44.9 Å². The molecule has 0 bridgehead atoms. The highest BCUT2D eigenvalue weighted by Crippen LogP contribution is 2.16. The molecule has 0 fully saturated rings. The predicted molar refractivity (Wildman–Crippen MR) is 237 cm³/mol. The summed E-state index contributed by atoms with van der Waals surface area (Å²) in [7, 11) is 0. The summed E-state index contributed by atoms with van der Waals surface area (Å²) in [5.41, 5.74) is 0. The number of hydrogen-bond acceptors (Lipinski definition) is 5. The Balaban J connectivity index is 3.42. The molecule has 55 heavy (non-hydrogen) atoms. The highest BCUT2D eigenvalue weighted by atomic mass is 16.5. The predicted octanol–water partition coefficient (Wildman–Crippen LogP) is 14.2. The molecule has 0 radical (unpaired) electrons. The number of nitrogens with one attached hydrogen (secondary N) is 1. The van der Waals surface area contributed by atoms with Crippen molar-refractivity contribution >= 4 is 11.9 Å². The maximum Gasteiger partial charge on any atom is 0.305 e. The summed E-state index contributed by atoms with van der Waals surface area (Å²) < 4.78 is 5.44. The first-order chi connectivity index (χ1) is 27.0. The van der Waals surface area contributed by atoms with E-state index in [1.807, 2.05) is 0 Å². The van der Waals surface area contributed by atoms with Crippen LogP contribution in [0.2, 0.25) is 0 Å². The van der Waals surface area contributed by atoms with Gasteiger partial charge in [0.15, 0.2) is 0 Å². The second kappa shape index (κ2) is 45.3. The fourth-order valence-corrected chi connectivity index (χ4v) is 7.50. The highest BCUT2D eigenvalue weighted by Gasteiger charge is 2.20. The van der Waals surface area contributed by atoms with Crippen LogP contribution in [0, 0.1) is 0 Å². The molecule has 2 unspecified atom stereocenters. The van der Waals surface area contributed by atoms with Crippen LogP contribution in [-0.2, 0) is 14.3 Å². The van der Waals surface area contributed by atoms with Crippen LogP contribution in [0.4, 0.5) is 0 Å². The van der Waals surface area contributed by atoms with Crippen molar-refractivity contribution < 1.29 is 24.5 Å². The van der Waals surface area contributed by atoms with Gasteiger partial charge in [0, 0.05) is 12.8 Å². The Labute approximate surface area is 342 Å². The molecule has 0 saturated carbocycles. The Morgan fingerprint density at radius 3 is 1.35 bits per heavy atom. The molecule has 326 valence electrons. The van der Waals surface area contributed by atoms with E-state index in [1.54, 1.807) is 0 Å². The molecule has 1 amide bonds. The van der Waals surface area contributed by atoms with Crippen molar-refractivity contribution in [2.24, 2.45) is 0 Å². The summed E-state index contributed by atoms with van der Waals surface area (Å²) in [6.45, 7) is 4.89. The zero-order valence-corrected chi connectivity index (χ0v) is 36.9. The van der Waals surface area contributed by atoms with Gasteiger partial charge in [0.25, 0.3) is 0 Å². The Morgan fingerprint density at radius 1 is 0.491 bits per heavy atom. The van der Waals surface area contributed by atoms with E-state index in [0.29, 0.717) is 25.9 Å². The third-order valence-electron chi connectivity index (χ3n) is 11.3. The molecule has 0 aromatic heterocycles. The minimum atomic E-state index is -0.666. The molecule has 0 aromatic carbocycles. The Kier molecular flexibility index (Phi) is 44.2. The fourth-order valence-electron chi connectivity index (χ4n) is 7.50. The van der Waals surface area contributed by atoms with Gasteiger partial charge in [0.1, 0.15) is 0 Å². The molecule has 0 saturated heterocycles. The molecule has 0 aromatic rings. The molecule has 0 heterocycles. The number of allylic oxidation sites excluding steroid dienone is 2. The Hall–Kier alpha value is -1.40. The molecule has 0 spiro atoms. The van der Waals surface area contributed by atoms with Crippen molar-refractivity contribution in [3.05, 3.63) is 12.2 Å². The molecule has 6 heteroatoms. The first kappa shape index (κ1) is 53.6. The van der Waals surface area contributed by atoms with Gasteiger partial charge >= 0.3 is 5.97 Å². The van der Waals surface area contributed by atoms with Crippen LogP contribution in [0.3, 0.4) is 0 Å². The lowest BCUT2D eigenvalue weighted by molar-refractivity contribution is -0.143. The van der Waals surface area contributed by atoms with E-state index in [1.165, 1.54) is 186 Å². The third-order valence-corrected chi connectivity index (χ3v) is 11.3. The van der Waals surface area contributed by atoms with E-state index in [-0.39, 0.29) is 18.5 Å². The number of amides is 1. The average molecular weight is 778 g/mol. The fraction of sp³-hybridized carbons (Fsp3) is 0.918. The molecule has 0 aliphatic heterocycles. The van der Waals surface area contributed by atoms with Crippen molar-refractivity contribution in [2.45, 2.75) is 276 Å². The number of carbonyl (C=O) groups excluding carboxylic acids is 2. The summed E-state index contributed by atoms with van der Waals surface area (Å²) in [6, 6.07) is -0.544. The number of hydrogen-bond donors (Lipinski definition) is 3. The van der Waals surface area contributed by atoms with Crippen LogP contribution < -0.4 is 5.32 Å².